The van der Waals surface area contributed by atoms with Crippen LogP contribution in [0.25, 0.3) is 0 Å². The summed E-state index contributed by atoms with van der Waals surface area (Å²) < 4.78 is 0. The summed E-state index contributed by atoms with van der Waals surface area (Å²) in [5, 5.41) is 0. The molecule has 3 aliphatic carbocycles. The molecule has 0 bridgehead atoms. The lowest BCUT2D eigenvalue weighted by molar-refractivity contribution is -0.116. The molecule has 1 atom stereocenters. The van der Waals surface area contributed by atoms with Gasteiger partial charge in [0.2, 0.25) is 5.78 Å². The van der Waals surface area contributed by atoms with Crippen LogP contribution < -0.4 is 0 Å². The van der Waals surface area contributed by atoms with Gasteiger partial charge < -0.3 is 0 Å². The van der Waals surface area contributed by atoms with Gasteiger partial charge >= 0.3 is 0 Å². The van der Waals surface area contributed by atoms with Gasteiger partial charge in [0.05, 0.1) is 5.56 Å². The standard InChI is InChI=1S/C22H16N2O3/c25-16-8-4-7-13-9-14-19(18(17(13)16)12-5-2-1-3-6-12)21(26)15-10-23-11-24-20(15)22(14)27/h1-3,5-6,10-11,18H,4,7-9H2. The van der Waals surface area contributed by atoms with Gasteiger partial charge in [0.1, 0.15) is 12.0 Å². The minimum Gasteiger partial charge on any atom is -0.295 e. The van der Waals surface area contributed by atoms with Crippen LogP contribution in [-0.4, -0.2) is 27.3 Å². The first-order valence-corrected chi connectivity index (χ1v) is 9.09. The fourth-order valence-electron chi connectivity index (χ4n) is 4.52. The van der Waals surface area contributed by atoms with Gasteiger partial charge in [-0.1, -0.05) is 35.9 Å². The summed E-state index contributed by atoms with van der Waals surface area (Å²) in [5.74, 6) is -0.846. The molecule has 5 rings (SSSR count). The van der Waals surface area contributed by atoms with Crippen molar-refractivity contribution in [1.82, 2.24) is 9.97 Å². The van der Waals surface area contributed by atoms with Gasteiger partial charge in [-0.2, -0.15) is 0 Å². The lowest BCUT2D eigenvalue weighted by atomic mass is 9.65. The molecule has 0 saturated carbocycles. The van der Waals surface area contributed by atoms with E-state index in [2.05, 4.69) is 9.97 Å². The Morgan fingerprint density at radius 3 is 2.56 bits per heavy atom. The Hall–Kier alpha value is -3.21. The van der Waals surface area contributed by atoms with Gasteiger partial charge in [0, 0.05) is 35.3 Å². The minimum atomic E-state index is -0.484. The molecule has 1 unspecified atom stereocenters. The molecule has 5 heteroatoms. The summed E-state index contributed by atoms with van der Waals surface area (Å²) in [4.78, 5) is 47.3. The second-order valence-electron chi connectivity index (χ2n) is 7.15. The van der Waals surface area contributed by atoms with Crippen LogP contribution in [0.15, 0.2) is 65.1 Å². The summed E-state index contributed by atoms with van der Waals surface area (Å²) >= 11 is 0. The lowest BCUT2D eigenvalue weighted by Gasteiger charge is -2.35. The van der Waals surface area contributed by atoms with Crippen LogP contribution in [0.1, 0.15) is 58.0 Å². The predicted molar refractivity (Wildman–Crippen MR) is 97.4 cm³/mol. The highest BCUT2D eigenvalue weighted by Crippen LogP contribution is 2.48. The van der Waals surface area contributed by atoms with Gasteiger partial charge in [-0.25, -0.2) is 9.97 Å². The van der Waals surface area contributed by atoms with E-state index in [1.807, 2.05) is 30.3 Å². The molecule has 2 aromatic rings. The molecule has 1 aromatic carbocycles. The molecule has 0 N–H and O–H groups in total. The van der Waals surface area contributed by atoms with Crippen LogP contribution in [0.2, 0.25) is 0 Å². The van der Waals surface area contributed by atoms with E-state index in [0.717, 1.165) is 24.0 Å². The number of allylic oxidation sites excluding steroid dienone is 4. The normalized spacial score (nSPS) is 21.8. The van der Waals surface area contributed by atoms with Crippen LogP contribution in [0.5, 0.6) is 0 Å². The van der Waals surface area contributed by atoms with Crippen LogP contribution in [-0.2, 0) is 4.79 Å². The quantitative estimate of drug-likeness (QED) is 0.783. The second kappa shape index (κ2) is 5.91. The van der Waals surface area contributed by atoms with Crippen LogP contribution in [0, 0.1) is 0 Å². The summed E-state index contributed by atoms with van der Waals surface area (Å²) in [6.07, 6.45) is 5.14. The van der Waals surface area contributed by atoms with Crippen molar-refractivity contribution in [2.24, 2.45) is 0 Å². The van der Waals surface area contributed by atoms with Crippen molar-refractivity contribution in [2.75, 3.05) is 0 Å². The van der Waals surface area contributed by atoms with Crippen molar-refractivity contribution in [3.63, 3.8) is 0 Å². The average Bonchev–Trinajstić information content (AvgIpc) is 2.71. The first-order valence-electron chi connectivity index (χ1n) is 9.09. The van der Waals surface area contributed by atoms with E-state index in [1.165, 1.54) is 12.5 Å². The number of ketones is 3. The Kier molecular flexibility index (Phi) is 3.50. The Morgan fingerprint density at radius 2 is 1.74 bits per heavy atom. The Morgan fingerprint density at radius 1 is 0.926 bits per heavy atom. The number of rotatable bonds is 1. The van der Waals surface area contributed by atoms with Crippen molar-refractivity contribution < 1.29 is 14.4 Å². The maximum Gasteiger partial charge on any atom is 0.208 e. The van der Waals surface area contributed by atoms with Crippen molar-refractivity contribution in [1.29, 1.82) is 0 Å². The van der Waals surface area contributed by atoms with E-state index in [-0.39, 0.29) is 28.6 Å². The zero-order valence-corrected chi connectivity index (χ0v) is 14.6. The van der Waals surface area contributed by atoms with Crippen LogP contribution in [0.4, 0.5) is 0 Å². The van der Waals surface area contributed by atoms with Crippen LogP contribution in [0.3, 0.4) is 0 Å². The number of benzene rings is 1. The number of carbonyl (C=O) groups excluding carboxylic acids is 3. The predicted octanol–water partition coefficient (Wildman–Crippen LogP) is 3.39. The molecule has 3 aliphatic rings. The van der Waals surface area contributed by atoms with Crippen molar-refractivity contribution >= 4 is 17.3 Å². The third-order valence-electron chi connectivity index (χ3n) is 5.68. The van der Waals surface area contributed by atoms with Gasteiger partial charge in [0.15, 0.2) is 11.6 Å². The van der Waals surface area contributed by atoms with Crippen LogP contribution >= 0.6 is 0 Å². The van der Waals surface area contributed by atoms with Crippen molar-refractivity contribution in [3.05, 3.63) is 82.0 Å². The van der Waals surface area contributed by atoms with E-state index in [1.54, 1.807) is 0 Å². The molecule has 0 amide bonds. The molecule has 0 saturated heterocycles. The Balaban J connectivity index is 1.77. The fourth-order valence-corrected chi connectivity index (χ4v) is 4.52. The molecule has 0 radical (unpaired) electrons. The smallest absolute Gasteiger partial charge is 0.208 e. The number of fused-ring (bicyclic) bond motifs is 1. The lowest BCUT2D eigenvalue weighted by Crippen LogP contribution is -2.33. The molecular weight excluding hydrogens is 340 g/mol. The number of carbonyl (C=O) groups is 3. The molecule has 5 nitrogen and oxygen atoms in total. The van der Waals surface area contributed by atoms with Crippen molar-refractivity contribution in [2.45, 2.75) is 31.6 Å². The first-order chi connectivity index (χ1) is 13.2. The zero-order valence-electron chi connectivity index (χ0n) is 14.6. The number of Topliss-reactive ketones (excluding diaryl/α,β-unsaturated/α-hetero) is 3. The Labute approximate surface area is 155 Å². The van der Waals surface area contributed by atoms with E-state index in [9.17, 15) is 14.4 Å². The highest BCUT2D eigenvalue weighted by atomic mass is 16.1. The molecule has 0 fully saturated rings. The minimum absolute atomic E-state index is 0.0898. The first kappa shape index (κ1) is 16.0. The van der Waals surface area contributed by atoms with E-state index in [0.29, 0.717) is 29.6 Å². The maximum absolute atomic E-state index is 13.3. The van der Waals surface area contributed by atoms with E-state index < -0.39 is 5.92 Å². The molecule has 0 aliphatic heterocycles. The molecule has 1 aromatic heterocycles. The van der Waals surface area contributed by atoms with E-state index >= 15 is 0 Å². The maximum atomic E-state index is 13.3. The monoisotopic (exact) mass is 356 g/mol. The Bertz CT molecular complexity index is 1080. The molecule has 0 spiro atoms. The van der Waals surface area contributed by atoms with Gasteiger partial charge in [-0.15, -0.1) is 0 Å². The second-order valence-corrected chi connectivity index (χ2v) is 7.15. The summed E-state index contributed by atoms with van der Waals surface area (Å²) in [6.45, 7) is 0. The van der Waals surface area contributed by atoms with Crippen molar-refractivity contribution in [3.8, 4) is 0 Å². The molecule has 27 heavy (non-hydrogen) atoms. The highest BCUT2D eigenvalue weighted by Gasteiger charge is 2.44. The zero-order chi connectivity index (χ0) is 18.5. The summed E-state index contributed by atoms with van der Waals surface area (Å²) in [5.41, 5.74) is 3.91. The molecular formula is C22H16N2O3. The molecule has 1 heterocycles. The van der Waals surface area contributed by atoms with Gasteiger partial charge in [-0.3, -0.25) is 14.4 Å². The largest absolute Gasteiger partial charge is 0.295 e. The SMILES string of the molecule is O=C1CCCC2=C1C(c1ccccc1)C1=C(C2)C(=O)c2ncncc2C1=O. The number of aromatic nitrogens is 2. The molecule has 132 valence electrons. The summed E-state index contributed by atoms with van der Waals surface area (Å²) in [6, 6.07) is 9.52. The fraction of sp³-hybridized carbons (Fsp3) is 0.227. The third kappa shape index (κ3) is 2.28. The van der Waals surface area contributed by atoms with Gasteiger partial charge in [-0.05, 0) is 24.8 Å². The summed E-state index contributed by atoms with van der Waals surface area (Å²) in [7, 11) is 0. The third-order valence-corrected chi connectivity index (χ3v) is 5.68. The number of nitrogens with zero attached hydrogens (tertiary/aromatic N) is 2. The van der Waals surface area contributed by atoms with Gasteiger partial charge in [0.25, 0.3) is 0 Å². The van der Waals surface area contributed by atoms with E-state index in [4.69, 9.17) is 0 Å². The topological polar surface area (TPSA) is 77.0 Å². The number of hydrogen-bond acceptors (Lipinski definition) is 5. The highest BCUT2D eigenvalue weighted by molar-refractivity contribution is 6.28. The average molecular weight is 356 g/mol. The number of hydrogen-bond donors (Lipinski definition) is 0.